The fourth-order valence-corrected chi connectivity index (χ4v) is 7.33. The molecule has 1 unspecified atom stereocenters. The lowest BCUT2D eigenvalue weighted by Gasteiger charge is -2.36. The number of anilines is 1. The lowest BCUT2D eigenvalue weighted by atomic mass is 9.73. The first kappa shape index (κ1) is 32.2. The van der Waals surface area contributed by atoms with E-state index in [2.05, 4.69) is 32.4 Å². The maximum Gasteiger partial charge on any atom is 0.262 e. The fraction of sp³-hybridized carbons (Fsp3) is 0.429. The van der Waals surface area contributed by atoms with Gasteiger partial charge in [0.25, 0.3) is 5.91 Å². The molecule has 6 rings (SSSR count). The number of aliphatic hydroxyl groups is 2. The average Bonchev–Trinajstić information content (AvgIpc) is 3.76. The molecule has 1 saturated carbocycles. The third-order valence-corrected chi connectivity index (χ3v) is 9.90. The summed E-state index contributed by atoms with van der Waals surface area (Å²) < 4.78 is 11.7. The minimum Gasteiger partial charge on any atom is -0.506 e. The molecular formula is C35H42N4O6S. The third kappa shape index (κ3) is 7.29. The molecule has 4 aromatic rings. The number of nitrogens with one attached hydrogen (secondary N) is 3. The van der Waals surface area contributed by atoms with Crippen LogP contribution in [0.2, 0.25) is 0 Å². The van der Waals surface area contributed by atoms with Gasteiger partial charge in [0, 0.05) is 42.4 Å². The molecule has 1 aliphatic carbocycles. The van der Waals surface area contributed by atoms with E-state index in [-0.39, 0.29) is 29.9 Å². The van der Waals surface area contributed by atoms with Crippen LogP contribution in [-0.2, 0) is 29.8 Å². The molecule has 2 aromatic carbocycles. The van der Waals surface area contributed by atoms with Crippen molar-refractivity contribution in [2.24, 2.45) is 5.92 Å². The van der Waals surface area contributed by atoms with E-state index in [4.69, 9.17) is 9.15 Å². The highest BCUT2D eigenvalue weighted by Gasteiger charge is 2.44. The Morgan fingerprint density at radius 1 is 1.07 bits per heavy atom. The fourth-order valence-electron chi connectivity index (χ4n) is 6.44. The van der Waals surface area contributed by atoms with E-state index in [1.54, 1.807) is 23.6 Å². The summed E-state index contributed by atoms with van der Waals surface area (Å²) in [7, 11) is 0. The van der Waals surface area contributed by atoms with Crippen molar-refractivity contribution in [2.45, 2.75) is 63.2 Å². The first-order valence-corrected chi connectivity index (χ1v) is 17.0. The van der Waals surface area contributed by atoms with E-state index >= 15 is 0 Å². The van der Waals surface area contributed by atoms with Gasteiger partial charge in [-0.15, -0.1) is 11.3 Å². The summed E-state index contributed by atoms with van der Waals surface area (Å²) in [5, 5.41) is 44.3. The van der Waals surface area contributed by atoms with E-state index in [1.165, 1.54) is 22.9 Å². The summed E-state index contributed by atoms with van der Waals surface area (Å²) >= 11 is 1.71. The molecule has 1 amide bonds. The van der Waals surface area contributed by atoms with Gasteiger partial charge in [0.15, 0.2) is 18.0 Å². The SMILES string of the molecule is O=C1COc2c(C(O)CNCCc3csc(CNCCc4cnc([C@](O)(c5ccccc5)C5CCCCC5)o4)c3)ccc(O)c2N1. The number of thiophene rings is 1. The minimum absolute atomic E-state index is 0.0892. The van der Waals surface area contributed by atoms with E-state index in [0.29, 0.717) is 36.7 Å². The summed E-state index contributed by atoms with van der Waals surface area (Å²) in [5.74, 6) is 1.12. The van der Waals surface area contributed by atoms with Gasteiger partial charge in [-0.25, -0.2) is 4.98 Å². The van der Waals surface area contributed by atoms with Gasteiger partial charge in [0.05, 0.1) is 12.3 Å². The molecule has 2 aliphatic rings. The highest BCUT2D eigenvalue weighted by Crippen LogP contribution is 2.44. The number of carbonyl (C=O) groups is 1. The number of ether oxygens (including phenoxy) is 1. The molecular weight excluding hydrogens is 604 g/mol. The van der Waals surface area contributed by atoms with Crippen LogP contribution in [0.3, 0.4) is 0 Å². The van der Waals surface area contributed by atoms with Crippen LogP contribution in [0.5, 0.6) is 11.5 Å². The molecule has 244 valence electrons. The smallest absolute Gasteiger partial charge is 0.262 e. The predicted octanol–water partition coefficient (Wildman–Crippen LogP) is 4.79. The first-order chi connectivity index (χ1) is 22.4. The Bertz CT molecular complexity index is 1600. The second-order valence-corrected chi connectivity index (χ2v) is 13.1. The first-order valence-electron chi connectivity index (χ1n) is 16.1. The molecule has 1 fully saturated rings. The maximum absolute atomic E-state index is 12.0. The number of nitrogens with zero attached hydrogens (tertiary/aromatic N) is 1. The highest BCUT2D eigenvalue weighted by atomic mass is 32.1. The van der Waals surface area contributed by atoms with Crippen molar-refractivity contribution in [3.63, 3.8) is 0 Å². The van der Waals surface area contributed by atoms with E-state index in [1.807, 2.05) is 30.3 Å². The Hall–Kier alpha value is -3.74. The van der Waals surface area contributed by atoms with Crippen LogP contribution < -0.4 is 20.7 Å². The predicted molar refractivity (Wildman–Crippen MR) is 176 cm³/mol. The number of benzene rings is 2. The molecule has 2 aromatic heterocycles. The molecule has 0 bridgehead atoms. The zero-order valence-electron chi connectivity index (χ0n) is 25.8. The topological polar surface area (TPSA) is 149 Å². The number of hydrogen-bond donors (Lipinski definition) is 6. The minimum atomic E-state index is -1.22. The van der Waals surface area contributed by atoms with Crippen LogP contribution in [-0.4, -0.2) is 52.5 Å². The summed E-state index contributed by atoms with van der Waals surface area (Å²) in [4.78, 5) is 17.4. The van der Waals surface area contributed by atoms with Crippen molar-refractivity contribution >= 4 is 22.9 Å². The van der Waals surface area contributed by atoms with Crippen molar-refractivity contribution in [2.75, 3.05) is 31.6 Å². The Balaban J connectivity index is 0.944. The molecule has 2 atom stereocenters. The number of rotatable bonds is 14. The lowest BCUT2D eigenvalue weighted by Crippen LogP contribution is -2.38. The van der Waals surface area contributed by atoms with Gasteiger partial charge in [-0.2, -0.15) is 0 Å². The zero-order valence-corrected chi connectivity index (χ0v) is 26.7. The van der Waals surface area contributed by atoms with Crippen LogP contribution in [0, 0.1) is 5.92 Å². The van der Waals surface area contributed by atoms with Crippen molar-refractivity contribution in [1.29, 1.82) is 0 Å². The van der Waals surface area contributed by atoms with Crippen molar-refractivity contribution in [3.05, 3.63) is 93.3 Å². The number of aliphatic hydroxyl groups excluding tert-OH is 1. The van der Waals surface area contributed by atoms with E-state index < -0.39 is 11.7 Å². The van der Waals surface area contributed by atoms with E-state index in [0.717, 1.165) is 56.5 Å². The number of hydrogen-bond acceptors (Lipinski definition) is 10. The standard InChI is InChI=1S/C35H42N4O6S/c40-29-12-11-28(33-32(29)39-31(42)21-44-33)30(41)20-37-15-13-23-17-27(46-22-23)19-36-16-14-26-18-38-34(45-26)35(43,24-7-3-1-4-8-24)25-9-5-2-6-10-25/h1,3-4,7-8,11-12,17-18,22,25,30,36-37,40-41,43H,2,5-6,9-10,13-16,19-21H2,(H,39,42)/t30?,35-/m0/s1. The van der Waals surface area contributed by atoms with Crippen LogP contribution in [0.1, 0.15) is 71.4 Å². The van der Waals surface area contributed by atoms with Gasteiger partial charge in [0.1, 0.15) is 17.2 Å². The molecule has 46 heavy (non-hydrogen) atoms. The largest absolute Gasteiger partial charge is 0.506 e. The zero-order chi connectivity index (χ0) is 31.9. The molecule has 0 radical (unpaired) electrons. The van der Waals surface area contributed by atoms with Crippen LogP contribution >= 0.6 is 11.3 Å². The number of amides is 1. The Morgan fingerprint density at radius 2 is 1.87 bits per heavy atom. The number of fused-ring (bicyclic) bond motifs is 1. The Morgan fingerprint density at radius 3 is 2.70 bits per heavy atom. The Kier molecular flexibility index (Phi) is 10.4. The third-order valence-electron chi connectivity index (χ3n) is 8.91. The number of aromatic hydroxyl groups is 1. The van der Waals surface area contributed by atoms with Crippen LogP contribution in [0.4, 0.5) is 5.69 Å². The molecule has 0 spiro atoms. The Labute approximate surface area is 272 Å². The normalized spacial score (nSPS) is 17.1. The van der Waals surface area contributed by atoms with Gasteiger partial charge in [0.2, 0.25) is 5.89 Å². The second kappa shape index (κ2) is 14.8. The molecule has 0 saturated heterocycles. The molecule has 11 heteroatoms. The number of phenolic OH excluding ortho intramolecular Hbond substituents is 1. The maximum atomic E-state index is 12.0. The van der Waals surface area contributed by atoms with E-state index in [9.17, 15) is 20.1 Å². The summed E-state index contributed by atoms with van der Waals surface area (Å²) in [5.41, 5.74) is 1.56. The monoisotopic (exact) mass is 646 g/mol. The van der Waals surface area contributed by atoms with Gasteiger partial charge >= 0.3 is 0 Å². The molecule has 3 heterocycles. The lowest BCUT2D eigenvalue weighted by molar-refractivity contribution is -0.118. The number of phenols is 1. The van der Waals surface area contributed by atoms with Crippen molar-refractivity contribution in [3.8, 4) is 11.5 Å². The van der Waals surface area contributed by atoms with Crippen LogP contribution in [0.15, 0.2) is 64.5 Å². The average molecular weight is 647 g/mol. The number of aromatic nitrogens is 1. The van der Waals surface area contributed by atoms with Gasteiger partial charge in [-0.1, -0.05) is 49.6 Å². The van der Waals surface area contributed by atoms with Crippen LogP contribution in [0.25, 0.3) is 0 Å². The second-order valence-electron chi connectivity index (χ2n) is 12.1. The molecule has 10 nitrogen and oxygen atoms in total. The number of oxazole rings is 1. The van der Waals surface area contributed by atoms with Crippen molar-refractivity contribution < 1.29 is 29.3 Å². The molecule has 6 N–H and O–H groups in total. The summed E-state index contributed by atoms with van der Waals surface area (Å²) in [6, 6.07) is 15.1. The van der Waals surface area contributed by atoms with Gasteiger partial charge in [-0.05, 0) is 60.5 Å². The van der Waals surface area contributed by atoms with Gasteiger partial charge in [-0.3, -0.25) is 4.79 Å². The number of carbonyl (C=O) groups excluding carboxylic acids is 1. The quantitative estimate of drug-likeness (QED) is 0.0840. The van der Waals surface area contributed by atoms with Crippen molar-refractivity contribution in [1.82, 2.24) is 15.6 Å². The summed E-state index contributed by atoms with van der Waals surface area (Å²) in [6.07, 6.45) is 7.75. The van der Waals surface area contributed by atoms with Gasteiger partial charge < -0.3 is 40.4 Å². The summed E-state index contributed by atoms with van der Waals surface area (Å²) in [6.45, 7) is 2.31. The highest BCUT2D eigenvalue weighted by molar-refractivity contribution is 7.10. The molecule has 1 aliphatic heterocycles.